The van der Waals surface area contributed by atoms with E-state index in [1.807, 2.05) is 11.9 Å². The SMILES string of the molecule is CN(CC(C)(C)C)c1ncc(C(=O)NO)cn1. The molecule has 1 aromatic rings. The van der Waals surface area contributed by atoms with Crippen molar-refractivity contribution in [3.8, 4) is 0 Å². The minimum Gasteiger partial charge on any atom is -0.343 e. The van der Waals surface area contributed by atoms with Crippen molar-refractivity contribution < 1.29 is 10.0 Å². The molecular weight excluding hydrogens is 220 g/mol. The Morgan fingerprint density at radius 2 is 1.94 bits per heavy atom. The van der Waals surface area contributed by atoms with Gasteiger partial charge in [0.15, 0.2) is 0 Å². The van der Waals surface area contributed by atoms with E-state index in [4.69, 9.17) is 5.21 Å². The number of rotatable bonds is 3. The number of carbonyl (C=O) groups excluding carboxylic acids is 1. The maximum atomic E-state index is 11.1. The van der Waals surface area contributed by atoms with Gasteiger partial charge in [-0.3, -0.25) is 10.0 Å². The Balaban J connectivity index is 2.77. The van der Waals surface area contributed by atoms with Crippen LogP contribution in [0.15, 0.2) is 12.4 Å². The Kier molecular flexibility index (Phi) is 4.01. The van der Waals surface area contributed by atoms with Gasteiger partial charge in [-0.05, 0) is 5.41 Å². The largest absolute Gasteiger partial charge is 0.343 e. The Labute approximate surface area is 101 Å². The van der Waals surface area contributed by atoms with E-state index in [2.05, 4.69) is 30.7 Å². The predicted molar refractivity (Wildman–Crippen MR) is 64.0 cm³/mol. The summed E-state index contributed by atoms with van der Waals surface area (Å²) in [7, 11) is 1.90. The molecule has 0 aliphatic heterocycles. The second-order valence-electron chi connectivity index (χ2n) is 5.13. The number of nitrogens with zero attached hydrogens (tertiary/aromatic N) is 3. The fourth-order valence-electron chi connectivity index (χ4n) is 1.48. The van der Waals surface area contributed by atoms with Gasteiger partial charge in [0, 0.05) is 26.0 Å². The first-order chi connectivity index (χ1) is 7.83. The summed E-state index contributed by atoms with van der Waals surface area (Å²) in [4.78, 5) is 21.1. The maximum absolute atomic E-state index is 11.1. The van der Waals surface area contributed by atoms with E-state index in [1.54, 1.807) is 0 Å². The summed E-state index contributed by atoms with van der Waals surface area (Å²) in [5.41, 5.74) is 1.90. The summed E-state index contributed by atoms with van der Waals surface area (Å²) in [6.45, 7) is 7.17. The van der Waals surface area contributed by atoms with Crippen molar-refractivity contribution in [3.05, 3.63) is 18.0 Å². The van der Waals surface area contributed by atoms with Crippen molar-refractivity contribution in [3.63, 3.8) is 0 Å². The molecule has 0 unspecified atom stereocenters. The molecule has 0 saturated carbocycles. The zero-order valence-corrected chi connectivity index (χ0v) is 10.6. The zero-order chi connectivity index (χ0) is 13.1. The van der Waals surface area contributed by atoms with Gasteiger partial charge in [-0.1, -0.05) is 20.8 Å². The normalized spacial score (nSPS) is 11.1. The summed E-state index contributed by atoms with van der Waals surface area (Å²) in [6.07, 6.45) is 2.76. The van der Waals surface area contributed by atoms with Crippen molar-refractivity contribution in [2.75, 3.05) is 18.5 Å². The summed E-state index contributed by atoms with van der Waals surface area (Å²) in [6, 6.07) is 0. The summed E-state index contributed by atoms with van der Waals surface area (Å²) in [5, 5.41) is 8.45. The summed E-state index contributed by atoms with van der Waals surface area (Å²) in [5.74, 6) is -0.0653. The second-order valence-corrected chi connectivity index (χ2v) is 5.13. The van der Waals surface area contributed by atoms with Gasteiger partial charge in [-0.25, -0.2) is 15.4 Å². The molecule has 1 amide bonds. The van der Waals surface area contributed by atoms with Gasteiger partial charge in [0.25, 0.3) is 5.91 Å². The van der Waals surface area contributed by atoms with Crippen molar-refractivity contribution in [2.24, 2.45) is 5.41 Å². The zero-order valence-electron chi connectivity index (χ0n) is 10.6. The molecule has 0 bridgehead atoms. The number of nitrogens with one attached hydrogen (secondary N) is 1. The number of aromatic nitrogens is 2. The predicted octanol–water partition coefficient (Wildman–Crippen LogP) is 1.08. The van der Waals surface area contributed by atoms with E-state index in [0.29, 0.717) is 5.95 Å². The molecule has 2 N–H and O–H groups in total. The van der Waals surface area contributed by atoms with Crippen LogP contribution in [0.25, 0.3) is 0 Å². The van der Waals surface area contributed by atoms with E-state index in [1.165, 1.54) is 17.9 Å². The topological polar surface area (TPSA) is 78.4 Å². The number of anilines is 1. The third-order valence-corrected chi connectivity index (χ3v) is 2.05. The first kappa shape index (κ1) is 13.4. The first-order valence-electron chi connectivity index (χ1n) is 5.31. The highest BCUT2D eigenvalue weighted by Crippen LogP contribution is 2.17. The molecule has 0 radical (unpaired) electrons. The molecular formula is C11H18N4O2. The maximum Gasteiger partial charge on any atom is 0.277 e. The average Bonchev–Trinajstić information content (AvgIpc) is 2.26. The van der Waals surface area contributed by atoms with Crippen molar-refractivity contribution >= 4 is 11.9 Å². The first-order valence-corrected chi connectivity index (χ1v) is 5.31. The Hall–Kier alpha value is -1.69. The minimum absolute atomic E-state index is 0.138. The van der Waals surface area contributed by atoms with E-state index in [-0.39, 0.29) is 11.0 Å². The van der Waals surface area contributed by atoms with Gasteiger partial charge >= 0.3 is 0 Å². The average molecular weight is 238 g/mol. The summed E-state index contributed by atoms with van der Waals surface area (Å²) >= 11 is 0. The van der Waals surface area contributed by atoms with Gasteiger partial charge in [-0.15, -0.1) is 0 Å². The monoisotopic (exact) mass is 238 g/mol. The van der Waals surface area contributed by atoms with Crippen molar-refractivity contribution in [1.29, 1.82) is 0 Å². The lowest BCUT2D eigenvalue weighted by Gasteiger charge is -2.26. The van der Waals surface area contributed by atoms with Gasteiger partial charge in [0.05, 0.1) is 5.56 Å². The lowest BCUT2D eigenvalue weighted by molar-refractivity contribution is 0.0705. The lowest BCUT2D eigenvalue weighted by Crippen LogP contribution is -2.30. The van der Waals surface area contributed by atoms with Crippen LogP contribution in [0.4, 0.5) is 5.95 Å². The molecule has 0 saturated heterocycles. The number of carbonyl (C=O) groups is 1. The molecule has 1 rings (SSSR count). The molecule has 6 heteroatoms. The van der Waals surface area contributed by atoms with Crippen LogP contribution < -0.4 is 10.4 Å². The fraction of sp³-hybridized carbons (Fsp3) is 0.545. The Morgan fingerprint density at radius 3 is 2.35 bits per heavy atom. The molecule has 0 fully saturated rings. The molecule has 1 heterocycles. The molecule has 0 aliphatic rings. The minimum atomic E-state index is -0.616. The Morgan fingerprint density at radius 1 is 1.41 bits per heavy atom. The van der Waals surface area contributed by atoms with E-state index < -0.39 is 5.91 Å². The highest BCUT2D eigenvalue weighted by Gasteiger charge is 2.15. The van der Waals surface area contributed by atoms with Gasteiger partial charge in [0.2, 0.25) is 5.95 Å². The van der Waals surface area contributed by atoms with Crippen LogP contribution in [0.3, 0.4) is 0 Å². The van der Waals surface area contributed by atoms with E-state index >= 15 is 0 Å². The quantitative estimate of drug-likeness (QED) is 0.608. The van der Waals surface area contributed by atoms with Crippen molar-refractivity contribution in [1.82, 2.24) is 15.4 Å². The molecule has 6 nitrogen and oxygen atoms in total. The number of hydrogen-bond acceptors (Lipinski definition) is 5. The smallest absolute Gasteiger partial charge is 0.277 e. The van der Waals surface area contributed by atoms with Crippen LogP contribution in [0.5, 0.6) is 0 Å². The van der Waals surface area contributed by atoms with E-state index in [0.717, 1.165) is 6.54 Å². The van der Waals surface area contributed by atoms with Crippen LogP contribution in [0.1, 0.15) is 31.1 Å². The molecule has 17 heavy (non-hydrogen) atoms. The standard InChI is InChI=1S/C11H18N4O2/c1-11(2,3)7-15(4)10-12-5-8(6-13-10)9(16)14-17/h5-6,17H,7H2,1-4H3,(H,14,16). The van der Waals surface area contributed by atoms with Crippen LogP contribution in [-0.2, 0) is 0 Å². The van der Waals surface area contributed by atoms with Crippen LogP contribution in [0.2, 0.25) is 0 Å². The third-order valence-electron chi connectivity index (χ3n) is 2.05. The van der Waals surface area contributed by atoms with Crippen molar-refractivity contribution in [2.45, 2.75) is 20.8 Å². The van der Waals surface area contributed by atoms with Gasteiger partial charge in [-0.2, -0.15) is 0 Å². The molecule has 0 aliphatic carbocycles. The number of hydroxylamine groups is 1. The fourth-order valence-corrected chi connectivity index (χ4v) is 1.48. The number of hydrogen-bond donors (Lipinski definition) is 2. The highest BCUT2D eigenvalue weighted by atomic mass is 16.5. The molecule has 0 atom stereocenters. The number of amides is 1. The van der Waals surface area contributed by atoms with Gasteiger partial charge in [0.1, 0.15) is 0 Å². The van der Waals surface area contributed by atoms with Crippen LogP contribution >= 0.6 is 0 Å². The third kappa shape index (κ3) is 3.99. The molecule has 0 spiro atoms. The highest BCUT2D eigenvalue weighted by molar-refractivity contribution is 5.92. The molecule has 0 aromatic carbocycles. The van der Waals surface area contributed by atoms with Crippen LogP contribution in [-0.4, -0.2) is 34.7 Å². The molecule has 1 aromatic heterocycles. The second kappa shape index (κ2) is 5.09. The summed E-state index contributed by atoms with van der Waals surface area (Å²) < 4.78 is 0. The van der Waals surface area contributed by atoms with Gasteiger partial charge < -0.3 is 4.90 Å². The Bertz CT molecular complexity index is 383. The van der Waals surface area contributed by atoms with Crippen LogP contribution in [0, 0.1) is 5.41 Å². The molecule has 94 valence electrons. The van der Waals surface area contributed by atoms with E-state index in [9.17, 15) is 4.79 Å². The lowest BCUT2D eigenvalue weighted by atomic mass is 9.96.